The molecule has 0 spiro atoms. The number of hydrogen-bond acceptors (Lipinski definition) is 2. The van der Waals surface area contributed by atoms with Crippen LogP contribution >= 0.6 is 0 Å². The second-order valence-electron chi connectivity index (χ2n) is 4.94. The maximum Gasteiger partial charge on any atom is 0.119 e. The fourth-order valence-corrected chi connectivity index (χ4v) is 2.47. The van der Waals surface area contributed by atoms with E-state index >= 15 is 0 Å². The van der Waals surface area contributed by atoms with Gasteiger partial charge in [-0.15, -0.1) is 0 Å². The van der Waals surface area contributed by atoms with Gasteiger partial charge in [-0.05, 0) is 50.3 Å². The molecule has 0 radical (unpaired) electrons. The van der Waals surface area contributed by atoms with Crippen LogP contribution in [0.2, 0.25) is 0 Å². The zero-order valence-electron chi connectivity index (χ0n) is 10.1. The first-order valence-electron chi connectivity index (χ1n) is 6.19. The van der Waals surface area contributed by atoms with E-state index in [0.717, 1.165) is 12.2 Å². The molecule has 1 saturated carbocycles. The average Bonchev–Trinajstić information content (AvgIpc) is 2.65. The number of hydrogen-bond donors (Lipinski definition) is 1. The van der Waals surface area contributed by atoms with Crippen molar-refractivity contribution >= 4 is 0 Å². The minimum Gasteiger partial charge on any atom is -0.491 e. The minimum absolute atomic E-state index is 0.236. The molecular weight excluding hydrogens is 198 g/mol. The van der Waals surface area contributed by atoms with E-state index in [1.54, 1.807) is 0 Å². The van der Waals surface area contributed by atoms with Crippen LogP contribution in [0.15, 0.2) is 24.3 Å². The smallest absolute Gasteiger partial charge is 0.119 e. The summed E-state index contributed by atoms with van der Waals surface area (Å²) in [6.45, 7) is 4.08. The summed E-state index contributed by atoms with van der Waals surface area (Å²) in [7, 11) is 0. The third-order valence-corrected chi connectivity index (χ3v) is 3.25. The molecule has 0 heterocycles. The Morgan fingerprint density at radius 3 is 2.38 bits per heavy atom. The molecule has 0 amide bonds. The van der Waals surface area contributed by atoms with Crippen molar-refractivity contribution in [1.82, 2.24) is 0 Å². The van der Waals surface area contributed by atoms with Crippen LogP contribution in [0.4, 0.5) is 0 Å². The molecule has 2 heteroatoms. The van der Waals surface area contributed by atoms with Crippen LogP contribution in [-0.4, -0.2) is 12.1 Å². The van der Waals surface area contributed by atoms with E-state index in [2.05, 4.69) is 24.3 Å². The van der Waals surface area contributed by atoms with Gasteiger partial charge in [-0.3, -0.25) is 0 Å². The maximum atomic E-state index is 6.10. The van der Waals surface area contributed by atoms with E-state index in [0.29, 0.717) is 12.0 Å². The molecule has 1 aromatic carbocycles. The predicted octanol–water partition coefficient (Wildman–Crippen LogP) is 3.07. The molecule has 2 nitrogen and oxygen atoms in total. The SMILES string of the molecule is CC(C)Oc1ccc(C2CCCC2N)cc1. The van der Waals surface area contributed by atoms with Crippen LogP contribution in [0.1, 0.15) is 44.6 Å². The Hall–Kier alpha value is -1.02. The summed E-state index contributed by atoms with van der Waals surface area (Å²) in [4.78, 5) is 0. The second-order valence-corrected chi connectivity index (χ2v) is 4.94. The predicted molar refractivity (Wildman–Crippen MR) is 66.8 cm³/mol. The Morgan fingerprint density at radius 1 is 1.19 bits per heavy atom. The molecule has 2 unspecified atom stereocenters. The van der Waals surface area contributed by atoms with Crippen LogP contribution in [0, 0.1) is 0 Å². The largest absolute Gasteiger partial charge is 0.491 e. The fourth-order valence-electron chi connectivity index (χ4n) is 2.47. The van der Waals surface area contributed by atoms with Crippen molar-refractivity contribution < 1.29 is 4.74 Å². The molecule has 0 aliphatic heterocycles. The van der Waals surface area contributed by atoms with Gasteiger partial charge in [-0.2, -0.15) is 0 Å². The number of nitrogens with two attached hydrogens (primary N) is 1. The highest BCUT2D eigenvalue weighted by atomic mass is 16.5. The fraction of sp³-hybridized carbons (Fsp3) is 0.571. The highest BCUT2D eigenvalue weighted by molar-refractivity contribution is 5.31. The summed E-state index contributed by atoms with van der Waals surface area (Å²) in [5, 5.41) is 0. The van der Waals surface area contributed by atoms with E-state index < -0.39 is 0 Å². The molecule has 2 rings (SSSR count). The van der Waals surface area contributed by atoms with Gasteiger partial charge in [-0.25, -0.2) is 0 Å². The van der Waals surface area contributed by atoms with Crippen molar-refractivity contribution in [2.45, 2.75) is 51.2 Å². The van der Waals surface area contributed by atoms with Crippen LogP contribution in [0.5, 0.6) is 5.75 Å². The normalized spacial score (nSPS) is 25.0. The summed E-state index contributed by atoms with van der Waals surface area (Å²) in [5.74, 6) is 1.50. The quantitative estimate of drug-likeness (QED) is 0.848. The van der Waals surface area contributed by atoms with Gasteiger partial charge in [0.25, 0.3) is 0 Å². The first kappa shape index (κ1) is 11.5. The topological polar surface area (TPSA) is 35.2 Å². The van der Waals surface area contributed by atoms with Crippen molar-refractivity contribution in [3.63, 3.8) is 0 Å². The van der Waals surface area contributed by atoms with Crippen molar-refractivity contribution in [2.75, 3.05) is 0 Å². The Kier molecular flexibility index (Phi) is 3.49. The van der Waals surface area contributed by atoms with E-state index in [1.165, 1.54) is 18.4 Å². The summed E-state index contributed by atoms with van der Waals surface area (Å²) < 4.78 is 5.63. The van der Waals surface area contributed by atoms with Gasteiger partial charge < -0.3 is 10.5 Å². The van der Waals surface area contributed by atoms with Gasteiger partial charge in [-0.1, -0.05) is 18.6 Å². The lowest BCUT2D eigenvalue weighted by atomic mass is 9.95. The van der Waals surface area contributed by atoms with E-state index in [1.807, 2.05) is 13.8 Å². The third kappa shape index (κ3) is 2.56. The Balaban J connectivity index is 2.07. The summed E-state index contributed by atoms with van der Waals surface area (Å²) in [6.07, 6.45) is 3.89. The lowest BCUT2D eigenvalue weighted by molar-refractivity contribution is 0.242. The highest BCUT2D eigenvalue weighted by Gasteiger charge is 2.25. The third-order valence-electron chi connectivity index (χ3n) is 3.25. The van der Waals surface area contributed by atoms with Gasteiger partial charge in [0.1, 0.15) is 5.75 Å². The van der Waals surface area contributed by atoms with Crippen LogP contribution < -0.4 is 10.5 Å². The Morgan fingerprint density at radius 2 is 1.88 bits per heavy atom. The van der Waals surface area contributed by atoms with Gasteiger partial charge >= 0.3 is 0 Å². The molecule has 1 aromatic rings. The molecule has 16 heavy (non-hydrogen) atoms. The van der Waals surface area contributed by atoms with Crippen LogP contribution in [0.3, 0.4) is 0 Å². The molecule has 0 saturated heterocycles. The number of benzene rings is 1. The molecule has 1 aliphatic carbocycles. The molecular formula is C14H21NO. The minimum atomic E-state index is 0.236. The van der Waals surface area contributed by atoms with Crippen molar-refractivity contribution in [2.24, 2.45) is 5.73 Å². The molecule has 2 atom stereocenters. The zero-order valence-corrected chi connectivity index (χ0v) is 10.1. The second kappa shape index (κ2) is 4.88. The molecule has 0 aromatic heterocycles. The molecule has 1 aliphatic rings. The monoisotopic (exact) mass is 219 g/mol. The number of ether oxygens (including phenoxy) is 1. The van der Waals surface area contributed by atoms with E-state index in [-0.39, 0.29) is 6.10 Å². The highest BCUT2D eigenvalue weighted by Crippen LogP contribution is 2.33. The Labute approximate surface area is 97.8 Å². The van der Waals surface area contributed by atoms with E-state index in [9.17, 15) is 0 Å². The molecule has 1 fully saturated rings. The Bertz CT molecular complexity index is 331. The lowest BCUT2D eigenvalue weighted by Crippen LogP contribution is -2.22. The average molecular weight is 219 g/mol. The van der Waals surface area contributed by atoms with E-state index in [4.69, 9.17) is 10.5 Å². The van der Waals surface area contributed by atoms with Crippen LogP contribution in [-0.2, 0) is 0 Å². The zero-order chi connectivity index (χ0) is 11.5. The maximum absolute atomic E-state index is 6.10. The lowest BCUT2D eigenvalue weighted by Gasteiger charge is -2.16. The van der Waals surface area contributed by atoms with Gasteiger partial charge in [0, 0.05) is 6.04 Å². The standard InChI is InChI=1S/C14H21NO/c1-10(2)16-12-8-6-11(7-9-12)13-4-3-5-14(13)15/h6-10,13-14H,3-5,15H2,1-2H3. The first-order chi connectivity index (χ1) is 7.66. The summed E-state index contributed by atoms with van der Waals surface area (Å²) in [5.41, 5.74) is 7.46. The number of rotatable bonds is 3. The van der Waals surface area contributed by atoms with Gasteiger partial charge in [0.15, 0.2) is 0 Å². The van der Waals surface area contributed by atoms with Gasteiger partial charge in [0.05, 0.1) is 6.10 Å². The van der Waals surface area contributed by atoms with Crippen molar-refractivity contribution in [3.8, 4) is 5.75 Å². The molecule has 88 valence electrons. The summed E-state index contributed by atoms with van der Waals surface area (Å²) >= 11 is 0. The summed E-state index contributed by atoms with van der Waals surface area (Å²) in [6, 6.07) is 8.78. The molecule has 0 bridgehead atoms. The van der Waals surface area contributed by atoms with Gasteiger partial charge in [0.2, 0.25) is 0 Å². The van der Waals surface area contributed by atoms with Crippen molar-refractivity contribution in [1.29, 1.82) is 0 Å². The van der Waals surface area contributed by atoms with Crippen LogP contribution in [0.25, 0.3) is 0 Å². The molecule has 2 N–H and O–H groups in total. The first-order valence-corrected chi connectivity index (χ1v) is 6.19. The van der Waals surface area contributed by atoms with Crippen molar-refractivity contribution in [3.05, 3.63) is 29.8 Å².